The summed E-state index contributed by atoms with van der Waals surface area (Å²) in [6.07, 6.45) is 3.84. The van der Waals surface area contributed by atoms with E-state index in [1.807, 2.05) is 6.92 Å². The summed E-state index contributed by atoms with van der Waals surface area (Å²) in [5.74, 6) is -0.557. The summed E-state index contributed by atoms with van der Waals surface area (Å²) in [6.45, 7) is 6.47. The van der Waals surface area contributed by atoms with E-state index >= 15 is 0 Å². The van der Waals surface area contributed by atoms with Gasteiger partial charge in [-0.05, 0) is 48.9 Å². The molecule has 2 amide bonds. The molecule has 0 spiro atoms. The van der Waals surface area contributed by atoms with Crippen LogP contribution >= 0.6 is 11.6 Å². The first-order chi connectivity index (χ1) is 14.0. The third-order valence-corrected chi connectivity index (χ3v) is 3.72. The summed E-state index contributed by atoms with van der Waals surface area (Å²) in [6, 6.07) is 11.7. The van der Waals surface area contributed by atoms with Gasteiger partial charge < -0.3 is 14.8 Å². The number of ether oxygens (including phenoxy) is 2. The van der Waals surface area contributed by atoms with E-state index in [4.69, 9.17) is 21.1 Å². The second-order valence-corrected chi connectivity index (χ2v) is 6.24. The van der Waals surface area contributed by atoms with E-state index in [2.05, 4.69) is 22.4 Å². The summed E-state index contributed by atoms with van der Waals surface area (Å²) in [5.41, 5.74) is 3.21. The largest absolute Gasteiger partial charge is 0.493 e. The standard InChI is InChI=1S/C21H22ClN3O4/c1-3-11-28-18-8-6-17(7-9-18)24-20(26)21(27)25-23-14-15-13-16(22)5-10-19(15)29-12-4-2/h3,5-10,13-14H,1,4,11-12H2,2H3,(H,24,26)(H,25,27)/b23-14-. The van der Waals surface area contributed by atoms with Crippen LogP contribution in [0, 0.1) is 0 Å². The highest BCUT2D eigenvalue weighted by molar-refractivity contribution is 6.39. The molecule has 0 aliphatic heterocycles. The average molecular weight is 416 g/mol. The highest BCUT2D eigenvalue weighted by Gasteiger charge is 2.13. The Morgan fingerprint density at radius 3 is 2.59 bits per heavy atom. The van der Waals surface area contributed by atoms with Crippen molar-refractivity contribution in [1.29, 1.82) is 0 Å². The van der Waals surface area contributed by atoms with E-state index in [-0.39, 0.29) is 0 Å². The zero-order valence-corrected chi connectivity index (χ0v) is 16.7. The maximum Gasteiger partial charge on any atom is 0.329 e. The first-order valence-corrected chi connectivity index (χ1v) is 9.31. The zero-order chi connectivity index (χ0) is 21.1. The van der Waals surface area contributed by atoms with Gasteiger partial charge in [0.25, 0.3) is 0 Å². The first-order valence-electron chi connectivity index (χ1n) is 8.94. The molecule has 2 N–H and O–H groups in total. The number of anilines is 1. The molecule has 0 saturated heterocycles. The normalized spacial score (nSPS) is 10.4. The Kier molecular flexibility index (Phi) is 8.72. The Bertz CT molecular complexity index is 882. The highest BCUT2D eigenvalue weighted by Crippen LogP contribution is 2.21. The van der Waals surface area contributed by atoms with Gasteiger partial charge in [0.15, 0.2) is 0 Å². The van der Waals surface area contributed by atoms with Crippen LogP contribution in [-0.4, -0.2) is 31.2 Å². The van der Waals surface area contributed by atoms with E-state index in [0.29, 0.717) is 41.0 Å². The number of hydrogen-bond acceptors (Lipinski definition) is 5. The minimum atomic E-state index is -0.911. The Morgan fingerprint density at radius 1 is 1.14 bits per heavy atom. The zero-order valence-electron chi connectivity index (χ0n) is 16.0. The summed E-state index contributed by atoms with van der Waals surface area (Å²) in [7, 11) is 0. The van der Waals surface area contributed by atoms with Gasteiger partial charge in [-0.15, -0.1) is 0 Å². The molecule has 0 aliphatic rings. The van der Waals surface area contributed by atoms with Crippen LogP contribution in [0.15, 0.2) is 60.2 Å². The number of nitrogens with one attached hydrogen (secondary N) is 2. The van der Waals surface area contributed by atoms with Gasteiger partial charge in [-0.2, -0.15) is 5.10 Å². The second-order valence-electron chi connectivity index (χ2n) is 5.81. The van der Waals surface area contributed by atoms with Crippen LogP contribution in [0.3, 0.4) is 0 Å². The molecule has 2 aromatic carbocycles. The lowest BCUT2D eigenvalue weighted by Crippen LogP contribution is -2.32. The lowest BCUT2D eigenvalue weighted by atomic mass is 10.2. The predicted octanol–water partition coefficient (Wildman–Crippen LogP) is 3.78. The first kappa shape index (κ1) is 22.0. The average Bonchev–Trinajstić information content (AvgIpc) is 2.72. The summed E-state index contributed by atoms with van der Waals surface area (Å²) >= 11 is 5.99. The number of nitrogens with zero attached hydrogens (tertiary/aromatic N) is 1. The molecule has 0 bridgehead atoms. The molecule has 0 fully saturated rings. The van der Waals surface area contributed by atoms with Crippen molar-refractivity contribution >= 4 is 35.3 Å². The minimum absolute atomic E-state index is 0.379. The van der Waals surface area contributed by atoms with Crippen molar-refractivity contribution in [3.8, 4) is 11.5 Å². The molecule has 8 heteroatoms. The van der Waals surface area contributed by atoms with E-state index in [1.165, 1.54) is 6.21 Å². The van der Waals surface area contributed by atoms with Gasteiger partial charge in [-0.3, -0.25) is 9.59 Å². The molecule has 0 heterocycles. The van der Waals surface area contributed by atoms with Gasteiger partial charge in [0.1, 0.15) is 18.1 Å². The van der Waals surface area contributed by atoms with Crippen molar-refractivity contribution in [1.82, 2.24) is 5.43 Å². The van der Waals surface area contributed by atoms with Crippen molar-refractivity contribution in [2.45, 2.75) is 13.3 Å². The molecule has 2 rings (SSSR count). The Hall–Kier alpha value is -3.32. The van der Waals surface area contributed by atoms with Crippen molar-refractivity contribution in [3.05, 3.63) is 65.7 Å². The van der Waals surface area contributed by atoms with Gasteiger partial charge in [0.05, 0.1) is 12.8 Å². The fraction of sp³-hybridized carbons (Fsp3) is 0.190. The third-order valence-electron chi connectivity index (χ3n) is 3.49. The third kappa shape index (κ3) is 7.31. The number of carbonyl (C=O) groups excluding carboxylic acids is 2. The topological polar surface area (TPSA) is 89.0 Å². The number of halogens is 1. The molecule has 0 unspecified atom stereocenters. The Labute approximate surface area is 174 Å². The van der Waals surface area contributed by atoms with Crippen molar-refractivity contribution in [3.63, 3.8) is 0 Å². The molecule has 0 radical (unpaired) electrons. The quantitative estimate of drug-likeness (QED) is 0.282. The van der Waals surface area contributed by atoms with Crippen LogP contribution in [0.2, 0.25) is 5.02 Å². The van der Waals surface area contributed by atoms with Crippen LogP contribution in [0.25, 0.3) is 0 Å². The van der Waals surface area contributed by atoms with E-state index in [1.54, 1.807) is 48.5 Å². The maximum absolute atomic E-state index is 12.0. The number of hydrogen-bond donors (Lipinski definition) is 2. The molecule has 0 aliphatic carbocycles. The minimum Gasteiger partial charge on any atom is -0.493 e. The number of rotatable bonds is 9. The van der Waals surface area contributed by atoms with Crippen LogP contribution in [-0.2, 0) is 9.59 Å². The SMILES string of the molecule is C=CCOc1ccc(NC(=O)C(=O)N/N=C\c2cc(Cl)ccc2OCCC)cc1. The number of carbonyl (C=O) groups is 2. The number of benzene rings is 2. The number of hydrazone groups is 1. The number of amides is 2. The lowest BCUT2D eigenvalue weighted by molar-refractivity contribution is -0.136. The van der Waals surface area contributed by atoms with E-state index < -0.39 is 11.8 Å². The fourth-order valence-corrected chi connectivity index (χ4v) is 2.33. The fourth-order valence-electron chi connectivity index (χ4n) is 2.15. The van der Waals surface area contributed by atoms with Gasteiger partial charge in [0.2, 0.25) is 0 Å². The Balaban J connectivity index is 1.92. The van der Waals surface area contributed by atoms with E-state index in [0.717, 1.165) is 6.42 Å². The molecular weight excluding hydrogens is 394 g/mol. The molecule has 29 heavy (non-hydrogen) atoms. The van der Waals surface area contributed by atoms with Gasteiger partial charge >= 0.3 is 11.8 Å². The molecule has 7 nitrogen and oxygen atoms in total. The second kappa shape index (κ2) is 11.5. The van der Waals surface area contributed by atoms with Crippen LogP contribution in [0.5, 0.6) is 11.5 Å². The summed E-state index contributed by atoms with van der Waals surface area (Å²) in [4.78, 5) is 23.9. The summed E-state index contributed by atoms with van der Waals surface area (Å²) in [5, 5.41) is 6.78. The maximum atomic E-state index is 12.0. The van der Waals surface area contributed by atoms with Gasteiger partial charge in [-0.25, -0.2) is 5.43 Å². The molecule has 0 saturated carbocycles. The Morgan fingerprint density at radius 2 is 1.90 bits per heavy atom. The molecule has 0 atom stereocenters. The monoisotopic (exact) mass is 415 g/mol. The van der Waals surface area contributed by atoms with Crippen LogP contribution < -0.4 is 20.2 Å². The lowest BCUT2D eigenvalue weighted by Gasteiger charge is -2.08. The van der Waals surface area contributed by atoms with Gasteiger partial charge in [0, 0.05) is 16.3 Å². The van der Waals surface area contributed by atoms with Crippen molar-refractivity contribution in [2.24, 2.45) is 5.10 Å². The molecule has 152 valence electrons. The molecule has 2 aromatic rings. The van der Waals surface area contributed by atoms with Crippen molar-refractivity contribution < 1.29 is 19.1 Å². The van der Waals surface area contributed by atoms with Gasteiger partial charge in [-0.1, -0.05) is 31.2 Å². The van der Waals surface area contributed by atoms with E-state index in [9.17, 15) is 9.59 Å². The summed E-state index contributed by atoms with van der Waals surface area (Å²) < 4.78 is 11.0. The van der Waals surface area contributed by atoms with Crippen molar-refractivity contribution in [2.75, 3.05) is 18.5 Å². The highest BCUT2D eigenvalue weighted by atomic mass is 35.5. The smallest absolute Gasteiger partial charge is 0.329 e. The van der Waals surface area contributed by atoms with Crippen LogP contribution in [0.4, 0.5) is 5.69 Å². The molecule has 0 aromatic heterocycles. The predicted molar refractivity (Wildman–Crippen MR) is 114 cm³/mol. The molecular formula is C21H22ClN3O4. The van der Waals surface area contributed by atoms with Crippen LogP contribution in [0.1, 0.15) is 18.9 Å².